The summed E-state index contributed by atoms with van der Waals surface area (Å²) in [5.74, 6) is 0.829. The lowest BCUT2D eigenvalue weighted by molar-refractivity contribution is 0.241. The Morgan fingerprint density at radius 2 is 2.00 bits per heavy atom. The van der Waals surface area contributed by atoms with Gasteiger partial charge in [-0.15, -0.1) is 0 Å². The molecule has 0 bridgehead atoms. The first-order chi connectivity index (χ1) is 8.08. The molecule has 1 aliphatic rings. The molecule has 0 atom stereocenters. The Morgan fingerprint density at radius 1 is 1.29 bits per heavy atom. The summed E-state index contributed by atoms with van der Waals surface area (Å²) in [7, 11) is 0. The highest BCUT2D eigenvalue weighted by atomic mass is 35.5. The Balaban J connectivity index is 2.34. The van der Waals surface area contributed by atoms with Crippen molar-refractivity contribution in [3.05, 3.63) is 33.9 Å². The van der Waals surface area contributed by atoms with Crippen molar-refractivity contribution in [1.29, 1.82) is 0 Å². The van der Waals surface area contributed by atoms with Crippen LogP contribution in [0.5, 0.6) is 5.75 Å². The van der Waals surface area contributed by atoms with Gasteiger partial charge in [0.25, 0.3) is 0 Å². The molecule has 0 amide bonds. The smallest absolute Gasteiger partial charge is 0.141 e. The van der Waals surface area contributed by atoms with Gasteiger partial charge in [-0.05, 0) is 57.2 Å². The van der Waals surface area contributed by atoms with Crippen LogP contribution in [0.15, 0.2) is 17.7 Å². The van der Waals surface area contributed by atoms with Gasteiger partial charge in [0.15, 0.2) is 0 Å². The fourth-order valence-corrected chi connectivity index (χ4v) is 2.21. The van der Waals surface area contributed by atoms with Gasteiger partial charge in [0.05, 0.1) is 11.1 Å². The Bertz CT molecular complexity index is 440. The highest BCUT2D eigenvalue weighted by Gasteiger charge is 2.13. The predicted octanol–water partition coefficient (Wildman–Crippen LogP) is 5.00. The van der Waals surface area contributed by atoms with Crippen molar-refractivity contribution >= 4 is 17.7 Å². The lowest BCUT2D eigenvalue weighted by atomic mass is 9.90. The molecule has 2 rings (SSSR count). The summed E-state index contributed by atoms with van der Waals surface area (Å²) in [6, 6.07) is 4.01. The number of allylic oxidation sites excluding steroid dienone is 1. The van der Waals surface area contributed by atoms with Crippen molar-refractivity contribution in [3.8, 4) is 5.75 Å². The van der Waals surface area contributed by atoms with Crippen LogP contribution >= 0.6 is 11.6 Å². The third-order valence-electron chi connectivity index (χ3n) is 3.11. The molecule has 1 aromatic carbocycles. The molecule has 1 fully saturated rings. The third kappa shape index (κ3) is 2.84. The summed E-state index contributed by atoms with van der Waals surface area (Å²) in [5.41, 5.74) is 3.91. The fourth-order valence-electron chi connectivity index (χ4n) is 1.96. The molecule has 0 aromatic heterocycles. The number of halogens is 1. The van der Waals surface area contributed by atoms with Gasteiger partial charge < -0.3 is 4.74 Å². The highest BCUT2D eigenvalue weighted by molar-refractivity contribution is 6.32. The summed E-state index contributed by atoms with van der Waals surface area (Å²) in [4.78, 5) is 0. The molecule has 0 unspecified atom stereocenters. The first-order valence-corrected chi connectivity index (χ1v) is 6.61. The molecule has 0 spiro atoms. The molecule has 17 heavy (non-hydrogen) atoms. The van der Waals surface area contributed by atoms with Gasteiger partial charge in [-0.3, -0.25) is 0 Å². The molecular formula is C15H19ClO. The first-order valence-electron chi connectivity index (χ1n) is 6.23. The van der Waals surface area contributed by atoms with Crippen LogP contribution in [0.25, 0.3) is 6.08 Å². The maximum absolute atomic E-state index is 6.18. The molecule has 2 heteroatoms. The molecule has 92 valence electrons. The third-order valence-corrected chi connectivity index (χ3v) is 3.41. The van der Waals surface area contributed by atoms with Crippen LogP contribution in [0.1, 0.15) is 44.2 Å². The highest BCUT2D eigenvalue weighted by Crippen LogP contribution is 2.35. The van der Waals surface area contributed by atoms with Crippen LogP contribution in [-0.4, -0.2) is 6.10 Å². The summed E-state index contributed by atoms with van der Waals surface area (Å²) in [6.45, 7) is 6.12. The monoisotopic (exact) mass is 250 g/mol. The molecule has 1 saturated carbocycles. The zero-order valence-electron chi connectivity index (χ0n) is 10.7. The van der Waals surface area contributed by atoms with Crippen molar-refractivity contribution < 1.29 is 4.74 Å². The van der Waals surface area contributed by atoms with E-state index in [4.69, 9.17) is 16.3 Å². The van der Waals surface area contributed by atoms with E-state index in [1.54, 1.807) is 0 Å². The van der Waals surface area contributed by atoms with E-state index in [2.05, 4.69) is 19.1 Å². The van der Waals surface area contributed by atoms with E-state index >= 15 is 0 Å². The normalized spacial score (nSPS) is 14.8. The Hall–Kier alpha value is -0.950. The van der Waals surface area contributed by atoms with Gasteiger partial charge in [-0.25, -0.2) is 0 Å². The van der Waals surface area contributed by atoms with Crippen molar-refractivity contribution in [2.45, 2.75) is 46.1 Å². The van der Waals surface area contributed by atoms with Crippen molar-refractivity contribution in [2.24, 2.45) is 0 Å². The van der Waals surface area contributed by atoms with Crippen LogP contribution in [0.4, 0.5) is 0 Å². The first kappa shape index (κ1) is 12.5. The minimum atomic E-state index is 0.151. The molecule has 0 radical (unpaired) electrons. The quantitative estimate of drug-likeness (QED) is 0.733. The standard InChI is InChI=1S/C15H19ClO/c1-10(2)17-15-11(3)13(7-8-14(15)16)9-12-5-4-6-12/h7-10H,4-6H2,1-3H3. The SMILES string of the molecule is Cc1c(C=C2CCC2)ccc(Cl)c1OC(C)C. The van der Waals surface area contributed by atoms with Crippen LogP contribution in [0.2, 0.25) is 5.02 Å². The van der Waals surface area contributed by atoms with Crippen LogP contribution in [0, 0.1) is 6.92 Å². The molecule has 1 aliphatic carbocycles. The number of hydrogen-bond donors (Lipinski definition) is 0. The fraction of sp³-hybridized carbons (Fsp3) is 0.467. The summed E-state index contributed by atoms with van der Waals surface area (Å²) in [6.07, 6.45) is 6.24. The Morgan fingerprint density at radius 3 is 2.53 bits per heavy atom. The summed E-state index contributed by atoms with van der Waals surface area (Å²) < 4.78 is 5.79. The van der Waals surface area contributed by atoms with E-state index in [-0.39, 0.29) is 6.10 Å². The average molecular weight is 251 g/mol. The second kappa shape index (κ2) is 5.14. The zero-order valence-corrected chi connectivity index (χ0v) is 11.5. The van der Waals surface area contributed by atoms with E-state index in [9.17, 15) is 0 Å². The van der Waals surface area contributed by atoms with E-state index in [1.165, 1.54) is 30.4 Å². The molecule has 0 N–H and O–H groups in total. The number of rotatable bonds is 3. The maximum Gasteiger partial charge on any atom is 0.141 e. The van der Waals surface area contributed by atoms with Gasteiger partial charge in [-0.2, -0.15) is 0 Å². The van der Waals surface area contributed by atoms with Crippen molar-refractivity contribution in [1.82, 2.24) is 0 Å². The lowest BCUT2D eigenvalue weighted by Crippen LogP contribution is -2.07. The Labute approximate surface area is 108 Å². The molecule has 0 heterocycles. The number of ether oxygens (including phenoxy) is 1. The zero-order chi connectivity index (χ0) is 12.4. The Kier molecular flexibility index (Phi) is 3.78. The van der Waals surface area contributed by atoms with Gasteiger partial charge in [0, 0.05) is 0 Å². The molecule has 1 aromatic rings. The van der Waals surface area contributed by atoms with E-state index < -0.39 is 0 Å². The van der Waals surface area contributed by atoms with Gasteiger partial charge >= 0.3 is 0 Å². The minimum Gasteiger partial charge on any atom is -0.489 e. The van der Waals surface area contributed by atoms with Gasteiger partial charge in [-0.1, -0.05) is 29.3 Å². The lowest BCUT2D eigenvalue weighted by Gasteiger charge is -2.19. The van der Waals surface area contributed by atoms with Gasteiger partial charge in [0.2, 0.25) is 0 Å². The van der Waals surface area contributed by atoms with Gasteiger partial charge in [0.1, 0.15) is 5.75 Å². The molecule has 0 saturated heterocycles. The van der Waals surface area contributed by atoms with Crippen molar-refractivity contribution in [2.75, 3.05) is 0 Å². The molecule has 0 aliphatic heterocycles. The number of benzene rings is 1. The topological polar surface area (TPSA) is 9.23 Å². The van der Waals surface area contributed by atoms with E-state index in [0.717, 1.165) is 11.3 Å². The van der Waals surface area contributed by atoms with E-state index in [0.29, 0.717) is 5.02 Å². The minimum absolute atomic E-state index is 0.151. The largest absolute Gasteiger partial charge is 0.489 e. The molecule has 1 nitrogen and oxygen atoms in total. The van der Waals surface area contributed by atoms with Crippen LogP contribution in [-0.2, 0) is 0 Å². The predicted molar refractivity (Wildman–Crippen MR) is 73.8 cm³/mol. The average Bonchev–Trinajstić information content (AvgIpc) is 2.20. The summed E-state index contributed by atoms with van der Waals surface area (Å²) in [5, 5.41) is 0.701. The second-order valence-corrected chi connectivity index (χ2v) is 5.32. The summed E-state index contributed by atoms with van der Waals surface area (Å²) >= 11 is 6.18. The van der Waals surface area contributed by atoms with E-state index in [1.807, 2.05) is 19.9 Å². The van der Waals surface area contributed by atoms with Crippen LogP contribution in [0.3, 0.4) is 0 Å². The number of hydrogen-bond acceptors (Lipinski definition) is 1. The second-order valence-electron chi connectivity index (χ2n) is 4.91. The van der Waals surface area contributed by atoms with Crippen LogP contribution < -0.4 is 4.74 Å². The maximum atomic E-state index is 6.18. The van der Waals surface area contributed by atoms with Crippen molar-refractivity contribution in [3.63, 3.8) is 0 Å². The molecular weight excluding hydrogens is 232 g/mol.